The Morgan fingerprint density at radius 1 is 0.949 bits per heavy atom. The first-order chi connectivity index (χ1) is 19.1. The molecule has 1 aliphatic carbocycles. The number of nitrogens with zero attached hydrogens (tertiary/aromatic N) is 5. The van der Waals surface area contributed by atoms with Crippen molar-refractivity contribution in [3.63, 3.8) is 0 Å². The summed E-state index contributed by atoms with van der Waals surface area (Å²) in [4.78, 5) is 16.5. The summed E-state index contributed by atoms with van der Waals surface area (Å²) in [7, 11) is 0. The van der Waals surface area contributed by atoms with Crippen LogP contribution in [-0.4, -0.2) is 50.2 Å². The van der Waals surface area contributed by atoms with Gasteiger partial charge in [-0.05, 0) is 93.1 Å². The number of aliphatic hydroxyl groups is 1. The van der Waals surface area contributed by atoms with Crippen molar-refractivity contribution in [3.05, 3.63) is 59.9 Å². The molecule has 0 amide bonds. The molecule has 0 atom stereocenters. The Hall–Kier alpha value is -3.58. The van der Waals surface area contributed by atoms with Crippen LogP contribution in [0.3, 0.4) is 0 Å². The number of likely N-dealkylation sites (tertiary alicyclic amines) is 1. The molecule has 1 aromatic carbocycles. The highest BCUT2D eigenvalue weighted by atomic mass is 32.1. The maximum atomic E-state index is 9.91. The molecule has 4 aromatic rings. The van der Waals surface area contributed by atoms with Gasteiger partial charge in [-0.1, -0.05) is 23.8 Å². The van der Waals surface area contributed by atoms with Gasteiger partial charge in [0.05, 0.1) is 21.9 Å². The number of aromatic nitrogens is 3. The fourth-order valence-corrected chi connectivity index (χ4v) is 6.46. The molecule has 3 aromatic heterocycles. The van der Waals surface area contributed by atoms with Gasteiger partial charge in [0.2, 0.25) is 0 Å². The Balaban J connectivity index is 1.25. The van der Waals surface area contributed by atoms with Crippen molar-refractivity contribution in [1.82, 2.24) is 19.9 Å². The lowest BCUT2D eigenvalue weighted by atomic mass is 9.93. The van der Waals surface area contributed by atoms with Gasteiger partial charge in [0, 0.05) is 30.5 Å². The number of benzene rings is 1. The number of hydrogen-bond donors (Lipinski definition) is 3. The molecule has 4 heterocycles. The zero-order valence-corrected chi connectivity index (χ0v) is 22.8. The van der Waals surface area contributed by atoms with Crippen molar-refractivity contribution in [1.29, 1.82) is 5.26 Å². The molecule has 3 N–H and O–H groups in total. The van der Waals surface area contributed by atoms with E-state index < -0.39 is 0 Å². The van der Waals surface area contributed by atoms with Gasteiger partial charge in [0.1, 0.15) is 17.7 Å². The van der Waals surface area contributed by atoms with E-state index in [1.807, 2.05) is 18.2 Å². The molecule has 39 heavy (non-hydrogen) atoms. The third-order valence-electron chi connectivity index (χ3n) is 7.61. The third-order valence-corrected chi connectivity index (χ3v) is 8.55. The van der Waals surface area contributed by atoms with Gasteiger partial charge in [-0.15, -0.1) is 0 Å². The van der Waals surface area contributed by atoms with Crippen LogP contribution >= 0.6 is 11.3 Å². The maximum Gasteiger partial charge on any atom is 0.189 e. The topological polar surface area (TPSA) is 110 Å². The highest BCUT2D eigenvalue weighted by Gasteiger charge is 2.20. The van der Waals surface area contributed by atoms with Crippen molar-refractivity contribution in [2.75, 3.05) is 23.7 Å². The van der Waals surface area contributed by atoms with Crippen LogP contribution in [0.1, 0.15) is 56.1 Å². The number of piperidine rings is 1. The normalized spacial score (nSPS) is 20.0. The summed E-state index contributed by atoms with van der Waals surface area (Å²) >= 11 is 1.59. The number of pyridine rings is 2. The van der Waals surface area contributed by atoms with Gasteiger partial charge in [-0.3, -0.25) is 9.88 Å². The average Bonchev–Trinajstić information content (AvgIpc) is 3.36. The quantitative estimate of drug-likeness (QED) is 0.260. The maximum absolute atomic E-state index is 9.91. The summed E-state index contributed by atoms with van der Waals surface area (Å²) < 4.78 is 1.06. The molecule has 9 heteroatoms. The highest BCUT2D eigenvalue weighted by Crippen LogP contribution is 2.33. The number of nitriles is 1. The van der Waals surface area contributed by atoms with E-state index in [0.29, 0.717) is 11.6 Å². The predicted octanol–water partition coefficient (Wildman–Crippen LogP) is 6.07. The van der Waals surface area contributed by atoms with E-state index >= 15 is 0 Å². The van der Waals surface area contributed by atoms with Crippen molar-refractivity contribution >= 4 is 38.3 Å². The first-order valence-corrected chi connectivity index (χ1v) is 14.6. The van der Waals surface area contributed by atoms with Crippen molar-refractivity contribution in [2.24, 2.45) is 0 Å². The molecule has 6 rings (SSSR count). The summed E-state index contributed by atoms with van der Waals surface area (Å²) in [6, 6.07) is 14.8. The van der Waals surface area contributed by atoms with Crippen molar-refractivity contribution in [3.8, 4) is 17.2 Å². The van der Waals surface area contributed by atoms with Crippen LogP contribution in [0.25, 0.3) is 21.3 Å². The monoisotopic (exact) mass is 539 g/mol. The molecule has 2 fully saturated rings. The summed E-state index contributed by atoms with van der Waals surface area (Å²) in [5.41, 5.74) is 4.62. The van der Waals surface area contributed by atoms with Gasteiger partial charge in [-0.2, -0.15) is 5.26 Å². The first kappa shape index (κ1) is 25.7. The van der Waals surface area contributed by atoms with Crippen molar-refractivity contribution in [2.45, 2.75) is 63.6 Å². The molecular formula is C30H33N7OS. The minimum Gasteiger partial charge on any atom is -0.393 e. The van der Waals surface area contributed by atoms with Gasteiger partial charge < -0.3 is 15.7 Å². The number of fused-ring (bicyclic) bond motifs is 1. The average molecular weight is 540 g/mol. The second kappa shape index (κ2) is 11.7. The van der Waals surface area contributed by atoms with E-state index in [4.69, 9.17) is 9.97 Å². The molecule has 200 valence electrons. The van der Waals surface area contributed by atoms with Crippen LogP contribution in [-0.2, 0) is 6.54 Å². The van der Waals surface area contributed by atoms with Gasteiger partial charge in [0.15, 0.2) is 5.13 Å². The minimum atomic E-state index is -0.176. The summed E-state index contributed by atoms with van der Waals surface area (Å²) in [6.45, 7) is 3.19. The fourth-order valence-electron chi connectivity index (χ4n) is 5.55. The standard InChI is InChI=1S/C30H33N7OS/c31-16-21-12-23(18-32-17-21)22-4-9-26-27(15-22)39-30(34-26)36-29-14-20(19-37-10-2-1-3-11-37)13-28(35-29)33-24-5-7-25(38)8-6-24/h4,9,12-15,17-18,24-25,38H,1-3,5-8,10-11,19H2,(H2,33,34,35,36). The van der Waals surface area contributed by atoms with E-state index in [9.17, 15) is 10.4 Å². The second-order valence-corrected chi connectivity index (χ2v) is 11.7. The van der Waals surface area contributed by atoms with Crippen LogP contribution in [0.2, 0.25) is 0 Å². The fraction of sp³-hybridized carbons (Fsp3) is 0.400. The molecular weight excluding hydrogens is 506 g/mol. The highest BCUT2D eigenvalue weighted by molar-refractivity contribution is 7.22. The minimum absolute atomic E-state index is 0.176. The van der Waals surface area contributed by atoms with Crippen molar-refractivity contribution < 1.29 is 5.11 Å². The zero-order valence-electron chi connectivity index (χ0n) is 21.9. The Bertz CT molecular complexity index is 1480. The van der Waals surface area contributed by atoms with Crippen LogP contribution in [0.15, 0.2) is 48.8 Å². The molecule has 2 aliphatic rings. The largest absolute Gasteiger partial charge is 0.393 e. The van der Waals surface area contributed by atoms with Crippen LogP contribution in [0.4, 0.5) is 16.8 Å². The number of hydrogen-bond acceptors (Lipinski definition) is 9. The smallest absolute Gasteiger partial charge is 0.189 e. The summed E-state index contributed by atoms with van der Waals surface area (Å²) in [5.74, 6) is 1.66. The lowest BCUT2D eigenvalue weighted by Gasteiger charge is -2.28. The predicted molar refractivity (Wildman–Crippen MR) is 156 cm³/mol. The van der Waals surface area contributed by atoms with Crippen LogP contribution < -0.4 is 10.6 Å². The number of anilines is 3. The Morgan fingerprint density at radius 2 is 1.77 bits per heavy atom. The van der Waals surface area contributed by atoms with Gasteiger partial charge in [0.25, 0.3) is 0 Å². The SMILES string of the molecule is N#Cc1cncc(-c2ccc3nc(Nc4cc(CN5CCCCC5)cc(NC5CCC(O)CC5)n4)sc3c2)c1. The molecule has 0 spiro atoms. The van der Waals surface area contributed by atoms with E-state index in [0.717, 1.165) is 83.4 Å². The Morgan fingerprint density at radius 3 is 2.59 bits per heavy atom. The van der Waals surface area contributed by atoms with Crippen LogP contribution in [0, 0.1) is 11.3 Å². The molecule has 8 nitrogen and oxygen atoms in total. The lowest BCUT2D eigenvalue weighted by Crippen LogP contribution is -2.30. The molecule has 0 bridgehead atoms. The van der Waals surface area contributed by atoms with Gasteiger partial charge in [-0.25, -0.2) is 9.97 Å². The number of aliphatic hydroxyl groups excluding tert-OH is 1. The second-order valence-electron chi connectivity index (χ2n) is 10.6. The van der Waals surface area contributed by atoms with Crippen LogP contribution in [0.5, 0.6) is 0 Å². The Labute approximate surface area is 232 Å². The molecule has 1 saturated heterocycles. The summed E-state index contributed by atoms with van der Waals surface area (Å²) in [5, 5.41) is 27.0. The van der Waals surface area contributed by atoms with E-state index in [1.54, 1.807) is 23.7 Å². The van der Waals surface area contributed by atoms with E-state index in [2.05, 4.69) is 44.8 Å². The number of rotatable bonds is 7. The van der Waals surface area contributed by atoms with E-state index in [1.165, 1.54) is 24.8 Å². The number of nitrogens with one attached hydrogen (secondary N) is 2. The molecule has 0 radical (unpaired) electrons. The first-order valence-electron chi connectivity index (χ1n) is 13.8. The molecule has 0 unspecified atom stereocenters. The molecule has 1 saturated carbocycles. The zero-order chi connectivity index (χ0) is 26.6. The third kappa shape index (κ3) is 6.36. The van der Waals surface area contributed by atoms with E-state index in [-0.39, 0.29) is 6.10 Å². The lowest BCUT2D eigenvalue weighted by molar-refractivity contribution is 0.126. The van der Waals surface area contributed by atoms with Gasteiger partial charge >= 0.3 is 0 Å². The summed E-state index contributed by atoms with van der Waals surface area (Å²) in [6.07, 6.45) is 10.6. The molecule has 1 aliphatic heterocycles. The number of thiazole rings is 1. The Kier molecular flexibility index (Phi) is 7.68.